The minimum absolute atomic E-state index is 0.0721. The van der Waals surface area contributed by atoms with E-state index < -0.39 is 0 Å². The molecule has 0 saturated carbocycles. The number of hydrogen-bond acceptors (Lipinski definition) is 3. The van der Waals surface area contributed by atoms with E-state index >= 15 is 0 Å². The van der Waals surface area contributed by atoms with Gasteiger partial charge in [-0.3, -0.25) is 9.69 Å². The number of benzene rings is 1. The minimum Gasteiger partial charge on any atom is -0.328 e. The third-order valence-electron chi connectivity index (χ3n) is 3.13. The highest BCUT2D eigenvalue weighted by atomic mass is 19.1. The van der Waals surface area contributed by atoms with Crippen LogP contribution >= 0.6 is 0 Å². The predicted octanol–water partition coefficient (Wildman–Crippen LogP) is 1.19. The van der Waals surface area contributed by atoms with Crippen LogP contribution in [0.5, 0.6) is 0 Å². The molecule has 3 N–H and O–H groups in total. The van der Waals surface area contributed by atoms with Crippen molar-refractivity contribution in [2.24, 2.45) is 5.73 Å². The molecule has 0 radical (unpaired) electrons. The highest BCUT2D eigenvalue weighted by Gasteiger charge is 2.18. The van der Waals surface area contributed by atoms with Gasteiger partial charge in [0.05, 0.1) is 6.54 Å². The van der Waals surface area contributed by atoms with Crippen LogP contribution in [0.3, 0.4) is 0 Å². The molecule has 0 spiro atoms. The van der Waals surface area contributed by atoms with Crippen molar-refractivity contribution in [1.82, 2.24) is 4.90 Å². The zero-order valence-electron chi connectivity index (χ0n) is 10.2. The second-order valence-corrected chi connectivity index (χ2v) is 4.67. The molecule has 1 aliphatic heterocycles. The van der Waals surface area contributed by atoms with E-state index in [-0.39, 0.29) is 17.8 Å². The number of piperidine rings is 1. The Morgan fingerprint density at radius 3 is 2.56 bits per heavy atom. The number of nitrogens with zero attached hydrogens (tertiary/aromatic N) is 1. The number of amides is 1. The molecule has 0 aliphatic carbocycles. The molecule has 2 rings (SSSR count). The number of nitrogens with two attached hydrogens (primary N) is 1. The van der Waals surface area contributed by atoms with E-state index in [1.807, 2.05) is 0 Å². The first-order chi connectivity index (χ1) is 8.63. The quantitative estimate of drug-likeness (QED) is 0.848. The van der Waals surface area contributed by atoms with Gasteiger partial charge < -0.3 is 11.1 Å². The average Bonchev–Trinajstić information content (AvgIpc) is 2.35. The third-order valence-corrected chi connectivity index (χ3v) is 3.13. The van der Waals surface area contributed by atoms with Crippen molar-refractivity contribution in [3.05, 3.63) is 30.1 Å². The molecular weight excluding hydrogens is 233 g/mol. The molecule has 0 bridgehead atoms. The lowest BCUT2D eigenvalue weighted by Gasteiger charge is -2.29. The Labute approximate surface area is 106 Å². The SMILES string of the molecule is NC1CCN(CC(=O)Nc2ccc(F)cc2)CC1. The van der Waals surface area contributed by atoms with Gasteiger partial charge in [0.2, 0.25) is 5.91 Å². The van der Waals surface area contributed by atoms with Crippen molar-refractivity contribution in [3.8, 4) is 0 Å². The van der Waals surface area contributed by atoms with Crippen LogP contribution in [0.4, 0.5) is 10.1 Å². The molecule has 98 valence electrons. The third kappa shape index (κ3) is 3.78. The summed E-state index contributed by atoms with van der Waals surface area (Å²) in [6.07, 6.45) is 1.87. The second kappa shape index (κ2) is 5.93. The smallest absolute Gasteiger partial charge is 0.238 e. The molecule has 1 aromatic carbocycles. The summed E-state index contributed by atoms with van der Waals surface area (Å²) in [4.78, 5) is 13.9. The summed E-state index contributed by atoms with van der Waals surface area (Å²) in [5.74, 6) is -0.380. The standard InChI is InChI=1S/C13H18FN3O/c14-10-1-3-12(4-2-10)16-13(18)9-17-7-5-11(15)6-8-17/h1-4,11H,5-9,15H2,(H,16,18). The lowest BCUT2D eigenvalue weighted by Crippen LogP contribution is -2.43. The Kier molecular flexibility index (Phi) is 4.28. The zero-order valence-corrected chi connectivity index (χ0v) is 10.2. The van der Waals surface area contributed by atoms with Crippen molar-refractivity contribution in [1.29, 1.82) is 0 Å². The summed E-state index contributed by atoms with van der Waals surface area (Å²) in [7, 11) is 0. The maximum atomic E-state index is 12.7. The Morgan fingerprint density at radius 1 is 1.33 bits per heavy atom. The van der Waals surface area contributed by atoms with Gasteiger partial charge in [-0.15, -0.1) is 0 Å². The van der Waals surface area contributed by atoms with Gasteiger partial charge in [-0.25, -0.2) is 4.39 Å². The molecule has 0 aromatic heterocycles. The Morgan fingerprint density at radius 2 is 1.94 bits per heavy atom. The number of carbonyl (C=O) groups is 1. The van der Waals surface area contributed by atoms with Gasteiger partial charge in [-0.2, -0.15) is 0 Å². The molecule has 4 nitrogen and oxygen atoms in total. The Hall–Kier alpha value is -1.46. The number of nitrogens with one attached hydrogen (secondary N) is 1. The molecule has 0 unspecified atom stereocenters. The number of halogens is 1. The van der Waals surface area contributed by atoms with Gasteiger partial charge in [0.25, 0.3) is 0 Å². The van der Waals surface area contributed by atoms with Crippen LogP contribution < -0.4 is 11.1 Å². The maximum absolute atomic E-state index is 12.7. The Bertz CT molecular complexity index is 399. The van der Waals surface area contributed by atoms with Gasteiger partial charge in [-0.05, 0) is 37.1 Å². The Balaban J connectivity index is 1.80. The second-order valence-electron chi connectivity index (χ2n) is 4.67. The van der Waals surface area contributed by atoms with E-state index in [2.05, 4.69) is 10.2 Å². The highest BCUT2D eigenvalue weighted by Crippen LogP contribution is 2.10. The van der Waals surface area contributed by atoms with Crippen LogP contribution in [0.25, 0.3) is 0 Å². The van der Waals surface area contributed by atoms with Crippen molar-refractivity contribution in [2.45, 2.75) is 18.9 Å². The van der Waals surface area contributed by atoms with Gasteiger partial charge in [0.15, 0.2) is 0 Å². The normalized spacial score (nSPS) is 17.7. The number of carbonyl (C=O) groups excluding carboxylic acids is 1. The monoisotopic (exact) mass is 251 g/mol. The molecule has 1 aromatic rings. The molecule has 5 heteroatoms. The molecule has 1 aliphatic rings. The van der Waals surface area contributed by atoms with Crippen LogP contribution in [0.15, 0.2) is 24.3 Å². The number of rotatable bonds is 3. The van der Waals surface area contributed by atoms with Crippen molar-refractivity contribution in [2.75, 3.05) is 25.0 Å². The van der Waals surface area contributed by atoms with Crippen LogP contribution in [0.1, 0.15) is 12.8 Å². The van der Waals surface area contributed by atoms with Crippen molar-refractivity contribution < 1.29 is 9.18 Å². The predicted molar refractivity (Wildman–Crippen MR) is 68.7 cm³/mol. The van der Waals surface area contributed by atoms with Crippen LogP contribution in [0.2, 0.25) is 0 Å². The zero-order chi connectivity index (χ0) is 13.0. The largest absolute Gasteiger partial charge is 0.328 e. The first kappa shape index (κ1) is 13.0. The number of hydrogen-bond donors (Lipinski definition) is 2. The molecule has 1 amide bonds. The fourth-order valence-electron chi connectivity index (χ4n) is 2.05. The van der Waals surface area contributed by atoms with E-state index in [1.54, 1.807) is 12.1 Å². The number of anilines is 1. The van der Waals surface area contributed by atoms with Crippen molar-refractivity contribution in [3.63, 3.8) is 0 Å². The van der Waals surface area contributed by atoms with Crippen LogP contribution in [0, 0.1) is 5.82 Å². The average molecular weight is 251 g/mol. The first-order valence-corrected chi connectivity index (χ1v) is 6.17. The topological polar surface area (TPSA) is 58.4 Å². The molecule has 0 atom stereocenters. The molecular formula is C13H18FN3O. The fourth-order valence-corrected chi connectivity index (χ4v) is 2.05. The van der Waals surface area contributed by atoms with Gasteiger partial charge in [0, 0.05) is 24.8 Å². The molecule has 1 saturated heterocycles. The number of likely N-dealkylation sites (tertiary alicyclic amines) is 1. The van der Waals surface area contributed by atoms with E-state index in [0.717, 1.165) is 25.9 Å². The van der Waals surface area contributed by atoms with Gasteiger partial charge >= 0.3 is 0 Å². The van der Waals surface area contributed by atoms with E-state index in [0.29, 0.717) is 12.2 Å². The van der Waals surface area contributed by atoms with Crippen LogP contribution in [-0.4, -0.2) is 36.5 Å². The molecule has 1 fully saturated rings. The summed E-state index contributed by atoms with van der Waals surface area (Å²) in [5, 5.41) is 2.75. The van der Waals surface area contributed by atoms with Gasteiger partial charge in [0.1, 0.15) is 5.82 Å². The summed E-state index contributed by atoms with van der Waals surface area (Å²) >= 11 is 0. The van der Waals surface area contributed by atoms with Crippen molar-refractivity contribution >= 4 is 11.6 Å². The van der Waals surface area contributed by atoms with E-state index in [9.17, 15) is 9.18 Å². The lowest BCUT2D eigenvalue weighted by molar-refractivity contribution is -0.117. The molecule has 18 heavy (non-hydrogen) atoms. The minimum atomic E-state index is -0.307. The maximum Gasteiger partial charge on any atom is 0.238 e. The summed E-state index contributed by atoms with van der Waals surface area (Å²) in [5.41, 5.74) is 6.42. The first-order valence-electron chi connectivity index (χ1n) is 6.17. The lowest BCUT2D eigenvalue weighted by atomic mass is 10.1. The summed E-state index contributed by atoms with van der Waals surface area (Å²) in [6, 6.07) is 6.03. The summed E-state index contributed by atoms with van der Waals surface area (Å²) < 4.78 is 12.7. The van der Waals surface area contributed by atoms with Crippen LogP contribution in [-0.2, 0) is 4.79 Å². The fraction of sp³-hybridized carbons (Fsp3) is 0.462. The molecule has 1 heterocycles. The van der Waals surface area contributed by atoms with Gasteiger partial charge in [-0.1, -0.05) is 0 Å². The van der Waals surface area contributed by atoms with E-state index in [1.165, 1.54) is 12.1 Å². The summed E-state index contributed by atoms with van der Waals surface area (Å²) in [6.45, 7) is 2.08. The van der Waals surface area contributed by atoms with E-state index in [4.69, 9.17) is 5.73 Å². The highest BCUT2D eigenvalue weighted by molar-refractivity contribution is 5.92.